The van der Waals surface area contributed by atoms with Crippen molar-refractivity contribution in [1.82, 2.24) is 0 Å². The highest BCUT2D eigenvalue weighted by Gasteiger charge is 2.21. The summed E-state index contributed by atoms with van der Waals surface area (Å²) in [7, 11) is 0. The number of hydrogen-bond acceptors (Lipinski definition) is 3. The summed E-state index contributed by atoms with van der Waals surface area (Å²) in [6.45, 7) is 4.04. The van der Waals surface area contributed by atoms with E-state index >= 15 is 0 Å². The third kappa shape index (κ3) is 4.87. The molecule has 0 heterocycles. The van der Waals surface area contributed by atoms with Gasteiger partial charge in [0, 0.05) is 20.2 Å². The van der Waals surface area contributed by atoms with Crippen LogP contribution in [0.2, 0.25) is 0 Å². The molecule has 0 radical (unpaired) electrons. The second-order valence-corrected chi connectivity index (χ2v) is 6.83. The van der Waals surface area contributed by atoms with E-state index < -0.39 is 5.54 Å². The number of nitrogens with two attached hydrogens (primary N) is 1. The zero-order chi connectivity index (χ0) is 12.2. The fraction of sp³-hybridized carbons (Fsp3) is 0.500. The van der Waals surface area contributed by atoms with E-state index in [-0.39, 0.29) is 6.61 Å². The summed E-state index contributed by atoms with van der Waals surface area (Å²) in [5, 5.41) is 9.50. The number of thioether (sulfide) groups is 1. The zero-order valence-electron chi connectivity index (χ0n) is 9.61. The number of halogens is 1. The van der Waals surface area contributed by atoms with Gasteiger partial charge in [-0.3, -0.25) is 0 Å². The molecule has 1 aromatic carbocycles. The van der Waals surface area contributed by atoms with Crippen LogP contribution in [0.4, 0.5) is 0 Å². The molecule has 2 nitrogen and oxygen atoms in total. The molecule has 0 aliphatic carbocycles. The van der Waals surface area contributed by atoms with Crippen molar-refractivity contribution < 1.29 is 5.11 Å². The van der Waals surface area contributed by atoms with Crippen molar-refractivity contribution in [2.45, 2.75) is 36.0 Å². The highest BCUT2D eigenvalue weighted by atomic mass is 79.9. The Morgan fingerprint density at radius 3 is 2.81 bits per heavy atom. The Kier molecular flexibility index (Phi) is 5.31. The van der Waals surface area contributed by atoms with Crippen LogP contribution in [0.5, 0.6) is 0 Å². The second kappa shape index (κ2) is 6.05. The van der Waals surface area contributed by atoms with Gasteiger partial charge in [-0.25, -0.2) is 0 Å². The van der Waals surface area contributed by atoms with Gasteiger partial charge in [-0.2, -0.15) is 0 Å². The molecule has 3 N–H and O–H groups in total. The molecule has 0 aliphatic heterocycles. The lowest BCUT2D eigenvalue weighted by Gasteiger charge is -2.25. The van der Waals surface area contributed by atoms with Gasteiger partial charge < -0.3 is 10.8 Å². The summed E-state index contributed by atoms with van der Waals surface area (Å²) in [6, 6.07) is 8.20. The molecule has 0 spiro atoms. The van der Waals surface area contributed by atoms with Gasteiger partial charge in [0.25, 0.3) is 0 Å². The summed E-state index contributed by atoms with van der Waals surface area (Å²) < 4.78 is 1.09. The van der Waals surface area contributed by atoms with E-state index in [4.69, 9.17) is 10.8 Å². The average molecular weight is 304 g/mol. The van der Waals surface area contributed by atoms with Crippen LogP contribution < -0.4 is 5.73 Å². The lowest BCUT2D eigenvalue weighted by molar-refractivity contribution is 0.201. The standard InChI is InChI=1S/C12H18BrNOS/c1-9(7-12(2,14)8-15)16-11-5-3-4-10(13)6-11/h3-6,9,15H,7-8,14H2,1-2H3. The van der Waals surface area contributed by atoms with Crippen molar-refractivity contribution in [2.24, 2.45) is 5.73 Å². The van der Waals surface area contributed by atoms with E-state index in [9.17, 15) is 0 Å². The van der Waals surface area contributed by atoms with Crippen LogP contribution in [-0.4, -0.2) is 22.5 Å². The highest BCUT2D eigenvalue weighted by molar-refractivity contribution is 9.10. The SMILES string of the molecule is CC(CC(C)(N)CO)Sc1cccc(Br)c1. The van der Waals surface area contributed by atoms with Crippen molar-refractivity contribution >= 4 is 27.7 Å². The average Bonchev–Trinajstić information content (AvgIpc) is 2.16. The third-order valence-corrected chi connectivity index (χ3v) is 3.84. The normalized spacial score (nSPS) is 16.8. The second-order valence-electron chi connectivity index (χ2n) is 4.40. The summed E-state index contributed by atoms with van der Waals surface area (Å²) >= 11 is 5.23. The van der Waals surface area contributed by atoms with Gasteiger partial charge in [0.2, 0.25) is 0 Å². The molecule has 2 atom stereocenters. The Labute approximate surface area is 110 Å². The first-order valence-corrected chi connectivity index (χ1v) is 6.92. The van der Waals surface area contributed by atoms with Gasteiger partial charge in [-0.1, -0.05) is 28.9 Å². The fourth-order valence-corrected chi connectivity index (χ4v) is 3.37. The molecule has 90 valence electrons. The topological polar surface area (TPSA) is 46.2 Å². The Morgan fingerprint density at radius 2 is 2.25 bits per heavy atom. The van der Waals surface area contributed by atoms with Crippen molar-refractivity contribution in [3.8, 4) is 0 Å². The summed E-state index contributed by atoms with van der Waals surface area (Å²) in [6.07, 6.45) is 0.792. The van der Waals surface area contributed by atoms with Crippen molar-refractivity contribution in [3.05, 3.63) is 28.7 Å². The molecule has 4 heteroatoms. The molecule has 0 saturated carbocycles. The van der Waals surface area contributed by atoms with Crippen molar-refractivity contribution in [2.75, 3.05) is 6.61 Å². The number of rotatable bonds is 5. The predicted octanol–water partition coefficient (Wildman–Crippen LogP) is 3.03. The molecule has 0 amide bonds. The molecule has 0 aliphatic rings. The Hall–Kier alpha value is -0.0300. The maximum absolute atomic E-state index is 9.11. The molecule has 1 aromatic rings. The lowest BCUT2D eigenvalue weighted by atomic mass is 9.99. The van der Waals surface area contributed by atoms with E-state index in [0.717, 1.165) is 10.9 Å². The van der Waals surface area contributed by atoms with Crippen molar-refractivity contribution in [3.63, 3.8) is 0 Å². The molecule has 0 fully saturated rings. The molecule has 1 rings (SSSR count). The van der Waals surface area contributed by atoms with E-state index in [0.29, 0.717) is 5.25 Å². The molecular weight excluding hydrogens is 286 g/mol. The third-order valence-electron chi connectivity index (χ3n) is 2.25. The first kappa shape index (κ1) is 14.0. The summed E-state index contributed by atoms with van der Waals surface area (Å²) in [5.41, 5.74) is 5.44. The number of aliphatic hydroxyl groups is 1. The van der Waals surface area contributed by atoms with Gasteiger partial charge in [0.1, 0.15) is 0 Å². The van der Waals surface area contributed by atoms with Gasteiger partial charge >= 0.3 is 0 Å². The first-order chi connectivity index (χ1) is 7.43. The smallest absolute Gasteiger partial charge is 0.0608 e. The highest BCUT2D eigenvalue weighted by Crippen LogP contribution is 2.29. The van der Waals surface area contributed by atoms with E-state index in [1.54, 1.807) is 11.8 Å². The molecule has 0 saturated heterocycles. The predicted molar refractivity (Wildman–Crippen MR) is 73.8 cm³/mol. The van der Waals surface area contributed by atoms with Crippen LogP contribution in [0.25, 0.3) is 0 Å². The first-order valence-electron chi connectivity index (χ1n) is 5.25. The van der Waals surface area contributed by atoms with Gasteiger partial charge in [0.05, 0.1) is 6.61 Å². The summed E-state index contributed by atoms with van der Waals surface area (Å²) in [4.78, 5) is 1.22. The van der Waals surface area contributed by atoms with Crippen LogP contribution in [0.3, 0.4) is 0 Å². The quantitative estimate of drug-likeness (QED) is 0.822. The molecule has 16 heavy (non-hydrogen) atoms. The molecular formula is C12H18BrNOS. The van der Waals surface area contributed by atoms with Crippen molar-refractivity contribution in [1.29, 1.82) is 0 Å². The van der Waals surface area contributed by atoms with E-state index in [2.05, 4.69) is 35.0 Å². The molecule has 0 bridgehead atoms. The Morgan fingerprint density at radius 1 is 1.56 bits per heavy atom. The van der Waals surface area contributed by atoms with Gasteiger partial charge in [-0.15, -0.1) is 11.8 Å². The Balaban J connectivity index is 2.55. The molecule has 2 unspecified atom stereocenters. The minimum atomic E-state index is -0.488. The fourth-order valence-electron chi connectivity index (χ4n) is 1.54. The van der Waals surface area contributed by atoms with Crippen LogP contribution in [0.1, 0.15) is 20.3 Å². The lowest BCUT2D eigenvalue weighted by Crippen LogP contribution is -2.42. The maximum atomic E-state index is 9.11. The monoisotopic (exact) mass is 303 g/mol. The number of aliphatic hydroxyl groups excluding tert-OH is 1. The van der Waals surface area contributed by atoms with Gasteiger partial charge in [0.15, 0.2) is 0 Å². The maximum Gasteiger partial charge on any atom is 0.0608 e. The largest absolute Gasteiger partial charge is 0.394 e. The van der Waals surface area contributed by atoms with Crippen LogP contribution >= 0.6 is 27.7 Å². The van der Waals surface area contributed by atoms with E-state index in [1.165, 1.54) is 4.90 Å². The minimum Gasteiger partial charge on any atom is -0.394 e. The van der Waals surface area contributed by atoms with Crippen LogP contribution in [-0.2, 0) is 0 Å². The molecule has 0 aromatic heterocycles. The summed E-state index contributed by atoms with van der Waals surface area (Å²) in [5.74, 6) is 0. The van der Waals surface area contributed by atoms with Gasteiger partial charge in [-0.05, 0) is 31.5 Å². The Bertz CT molecular complexity index is 344. The van der Waals surface area contributed by atoms with Crippen LogP contribution in [0.15, 0.2) is 33.6 Å². The minimum absolute atomic E-state index is 0.0242. The zero-order valence-corrected chi connectivity index (χ0v) is 12.0. The number of benzene rings is 1. The van der Waals surface area contributed by atoms with E-state index in [1.807, 2.05) is 19.1 Å². The van der Waals surface area contributed by atoms with Crippen LogP contribution in [0, 0.1) is 0 Å². The number of hydrogen-bond donors (Lipinski definition) is 2.